The van der Waals surface area contributed by atoms with Gasteiger partial charge in [0.1, 0.15) is 11.9 Å². The lowest BCUT2D eigenvalue weighted by Gasteiger charge is -2.15. The molecular weight excluding hydrogens is 256 g/mol. The van der Waals surface area contributed by atoms with E-state index in [1.165, 1.54) is 6.20 Å². The maximum atomic E-state index is 10.9. The summed E-state index contributed by atoms with van der Waals surface area (Å²) in [5.41, 5.74) is 1.88. The van der Waals surface area contributed by atoms with Gasteiger partial charge in [-0.15, -0.1) is 0 Å². The first-order valence-electron chi connectivity index (χ1n) is 5.98. The van der Waals surface area contributed by atoms with E-state index in [9.17, 15) is 10.1 Å². The molecule has 6 nitrogen and oxygen atoms in total. The van der Waals surface area contributed by atoms with Crippen LogP contribution < -0.4 is 5.32 Å². The van der Waals surface area contributed by atoms with Gasteiger partial charge < -0.3 is 15.4 Å². The summed E-state index contributed by atoms with van der Waals surface area (Å²) in [5.74, 6) is -0.201. The van der Waals surface area contributed by atoms with Crippen LogP contribution in [0.3, 0.4) is 0 Å². The molecule has 0 saturated carbocycles. The van der Waals surface area contributed by atoms with Crippen LogP contribution in [0.1, 0.15) is 24.1 Å². The largest absolute Gasteiger partial charge is 0.386 e. The zero-order valence-electron chi connectivity index (χ0n) is 10.8. The fraction of sp³-hybridized carbons (Fsp3) is 0.143. The van der Waals surface area contributed by atoms with Gasteiger partial charge in [0.15, 0.2) is 0 Å². The summed E-state index contributed by atoms with van der Waals surface area (Å²) >= 11 is 0. The summed E-state index contributed by atoms with van der Waals surface area (Å²) in [7, 11) is 0. The van der Waals surface area contributed by atoms with Crippen LogP contribution >= 0.6 is 0 Å². The molecule has 1 unspecified atom stereocenters. The Bertz CT molecular complexity index is 662. The molecule has 0 aliphatic heterocycles. The van der Waals surface area contributed by atoms with Crippen LogP contribution in [0.2, 0.25) is 0 Å². The predicted octanol–water partition coefficient (Wildman–Crippen LogP) is 3.03. The number of anilines is 1. The molecule has 20 heavy (non-hydrogen) atoms. The summed E-state index contributed by atoms with van der Waals surface area (Å²) < 4.78 is 0. The number of nitriles is 1. The molecule has 0 radical (unpaired) electrons. The second-order valence-electron chi connectivity index (χ2n) is 4.23. The van der Waals surface area contributed by atoms with Crippen molar-refractivity contribution >= 4 is 11.5 Å². The Kier molecular flexibility index (Phi) is 3.91. The zero-order valence-corrected chi connectivity index (χ0v) is 10.8. The standard InChI is InChI=1S/C14H12N4O2/c1-10(12-6-4-11(9-15)5-7-12)17-13-3-2-8-16-14(13)18(19)20/h2-8,10,17H,1H3. The molecule has 0 amide bonds. The number of benzene rings is 1. The first-order valence-corrected chi connectivity index (χ1v) is 5.98. The van der Waals surface area contributed by atoms with Gasteiger partial charge in [0, 0.05) is 6.04 Å². The highest BCUT2D eigenvalue weighted by Crippen LogP contribution is 2.25. The Morgan fingerprint density at radius 2 is 2.05 bits per heavy atom. The van der Waals surface area contributed by atoms with Crippen molar-refractivity contribution in [1.82, 2.24) is 4.98 Å². The minimum Gasteiger partial charge on any atom is -0.372 e. The predicted molar refractivity (Wildman–Crippen MR) is 74.1 cm³/mol. The molecular formula is C14H12N4O2. The Labute approximate surface area is 115 Å². The van der Waals surface area contributed by atoms with E-state index in [1.807, 2.05) is 25.1 Å². The van der Waals surface area contributed by atoms with Crippen molar-refractivity contribution in [2.75, 3.05) is 5.32 Å². The van der Waals surface area contributed by atoms with Crippen LogP contribution in [0.15, 0.2) is 42.6 Å². The summed E-state index contributed by atoms with van der Waals surface area (Å²) in [4.78, 5) is 14.1. The van der Waals surface area contributed by atoms with Crippen molar-refractivity contribution in [1.29, 1.82) is 5.26 Å². The minimum absolute atomic E-state index is 0.134. The molecule has 0 fully saturated rings. The molecule has 6 heteroatoms. The topological polar surface area (TPSA) is 91.8 Å². The Morgan fingerprint density at radius 1 is 1.35 bits per heavy atom. The monoisotopic (exact) mass is 268 g/mol. The normalized spacial score (nSPS) is 11.4. The minimum atomic E-state index is -0.520. The second kappa shape index (κ2) is 5.80. The summed E-state index contributed by atoms with van der Waals surface area (Å²) in [6, 6.07) is 12.2. The number of nitrogens with zero attached hydrogens (tertiary/aromatic N) is 3. The summed E-state index contributed by atoms with van der Waals surface area (Å²) in [5, 5.41) is 22.7. The van der Waals surface area contributed by atoms with E-state index in [2.05, 4.69) is 10.3 Å². The van der Waals surface area contributed by atoms with Crippen LogP contribution in [-0.2, 0) is 0 Å². The Balaban J connectivity index is 2.21. The number of nitrogens with one attached hydrogen (secondary N) is 1. The van der Waals surface area contributed by atoms with Crippen molar-refractivity contribution in [3.05, 3.63) is 63.8 Å². The number of hydrogen-bond donors (Lipinski definition) is 1. The van der Waals surface area contributed by atoms with Crippen molar-refractivity contribution in [2.24, 2.45) is 0 Å². The average molecular weight is 268 g/mol. The number of hydrogen-bond acceptors (Lipinski definition) is 5. The number of nitro groups is 1. The Hall–Kier alpha value is -2.94. The number of rotatable bonds is 4. The molecule has 0 bridgehead atoms. The fourth-order valence-electron chi connectivity index (χ4n) is 1.82. The third-order valence-corrected chi connectivity index (χ3v) is 2.87. The van der Waals surface area contributed by atoms with Crippen molar-refractivity contribution < 1.29 is 4.92 Å². The van der Waals surface area contributed by atoms with Gasteiger partial charge >= 0.3 is 5.82 Å². The highest BCUT2D eigenvalue weighted by atomic mass is 16.6. The maximum absolute atomic E-state index is 10.9. The SMILES string of the molecule is CC(Nc1cccnc1[N+](=O)[O-])c1ccc(C#N)cc1. The quantitative estimate of drug-likeness (QED) is 0.679. The summed E-state index contributed by atoms with van der Waals surface area (Å²) in [6.45, 7) is 1.89. The molecule has 2 aromatic rings. The van der Waals surface area contributed by atoms with Gasteiger partial charge in [0.05, 0.1) is 11.6 Å². The number of pyridine rings is 1. The van der Waals surface area contributed by atoms with Crippen LogP contribution in [0.5, 0.6) is 0 Å². The molecule has 1 N–H and O–H groups in total. The molecule has 1 aromatic carbocycles. The van der Waals surface area contributed by atoms with Crippen molar-refractivity contribution in [3.63, 3.8) is 0 Å². The third-order valence-electron chi connectivity index (χ3n) is 2.87. The lowest BCUT2D eigenvalue weighted by atomic mass is 10.1. The highest BCUT2D eigenvalue weighted by Gasteiger charge is 2.16. The van der Waals surface area contributed by atoms with Crippen molar-refractivity contribution in [2.45, 2.75) is 13.0 Å². The van der Waals surface area contributed by atoms with Crippen LogP contribution in [0.4, 0.5) is 11.5 Å². The van der Waals surface area contributed by atoms with Gasteiger partial charge in [0.2, 0.25) is 0 Å². The van der Waals surface area contributed by atoms with Crippen LogP contribution in [0, 0.1) is 21.4 Å². The summed E-state index contributed by atoms with van der Waals surface area (Å²) in [6.07, 6.45) is 1.38. The highest BCUT2D eigenvalue weighted by molar-refractivity contribution is 5.57. The van der Waals surface area contributed by atoms with E-state index in [0.29, 0.717) is 11.3 Å². The molecule has 1 aromatic heterocycles. The lowest BCUT2D eigenvalue weighted by molar-refractivity contribution is -0.388. The molecule has 2 rings (SSSR count). The fourth-order valence-corrected chi connectivity index (χ4v) is 1.82. The smallest absolute Gasteiger partial charge is 0.372 e. The average Bonchev–Trinajstić information content (AvgIpc) is 2.47. The van der Waals surface area contributed by atoms with Gasteiger partial charge in [-0.05, 0) is 46.7 Å². The molecule has 0 aliphatic rings. The van der Waals surface area contributed by atoms with Gasteiger partial charge in [-0.1, -0.05) is 12.1 Å². The van der Waals surface area contributed by atoms with Crippen LogP contribution in [-0.4, -0.2) is 9.91 Å². The second-order valence-corrected chi connectivity index (χ2v) is 4.23. The van der Waals surface area contributed by atoms with Crippen LogP contribution in [0.25, 0.3) is 0 Å². The molecule has 1 atom stereocenters. The first-order chi connectivity index (χ1) is 9.61. The zero-order chi connectivity index (χ0) is 14.5. The molecule has 0 aliphatic carbocycles. The maximum Gasteiger partial charge on any atom is 0.386 e. The molecule has 100 valence electrons. The van der Waals surface area contributed by atoms with Crippen molar-refractivity contribution in [3.8, 4) is 6.07 Å². The number of aromatic nitrogens is 1. The van der Waals surface area contributed by atoms with E-state index < -0.39 is 4.92 Å². The molecule has 0 saturated heterocycles. The van der Waals surface area contributed by atoms with Gasteiger partial charge in [-0.3, -0.25) is 0 Å². The van der Waals surface area contributed by atoms with Gasteiger partial charge in [0.25, 0.3) is 0 Å². The van der Waals surface area contributed by atoms with E-state index >= 15 is 0 Å². The molecule has 1 heterocycles. The van der Waals surface area contributed by atoms with E-state index in [4.69, 9.17) is 5.26 Å². The first kappa shape index (κ1) is 13.5. The van der Waals surface area contributed by atoms with E-state index in [-0.39, 0.29) is 11.9 Å². The molecule has 0 spiro atoms. The van der Waals surface area contributed by atoms with Gasteiger partial charge in [-0.2, -0.15) is 5.26 Å². The lowest BCUT2D eigenvalue weighted by Crippen LogP contribution is -2.09. The van der Waals surface area contributed by atoms with E-state index in [1.54, 1.807) is 24.3 Å². The van der Waals surface area contributed by atoms with E-state index in [0.717, 1.165) is 5.56 Å². The van der Waals surface area contributed by atoms with Gasteiger partial charge in [-0.25, -0.2) is 0 Å². The Morgan fingerprint density at radius 3 is 2.65 bits per heavy atom. The third kappa shape index (κ3) is 2.90.